The average molecular weight is 431 g/mol. The normalized spacial score (nSPS) is 21.4. The number of hydrogen-bond donors (Lipinski definition) is 0. The molecule has 1 spiro atoms. The second-order valence-electron chi connectivity index (χ2n) is 9.20. The van der Waals surface area contributed by atoms with Crippen LogP contribution in [0.2, 0.25) is 0 Å². The van der Waals surface area contributed by atoms with Gasteiger partial charge in [-0.25, -0.2) is 0 Å². The van der Waals surface area contributed by atoms with Crippen LogP contribution >= 0.6 is 0 Å². The molecule has 2 fully saturated rings. The summed E-state index contributed by atoms with van der Waals surface area (Å²) in [6, 6.07) is 4.19. The summed E-state index contributed by atoms with van der Waals surface area (Å²) in [6.45, 7) is 5.69. The van der Waals surface area contributed by atoms with E-state index in [9.17, 15) is 4.79 Å². The molecule has 0 radical (unpaired) electrons. The van der Waals surface area contributed by atoms with Crippen LogP contribution in [0.25, 0.3) is 0 Å². The number of likely N-dealkylation sites (tertiary alicyclic amines) is 2. The molecular weight excluding hydrogens is 392 g/mol. The van der Waals surface area contributed by atoms with Crippen LogP contribution in [0.4, 0.5) is 0 Å². The zero-order valence-corrected chi connectivity index (χ0v) is 19.3. The van der Waals surface area contributed by atoms with Crippen molar-refractivity contribution in [2.75, 3.05) is 53.6 Å². The molecule has 0 bridgehead atoms. The lowest BCUT2D eigenvalue weighted by atomic mass is 9.79. The highest BCUT2D eigenvalue weighted by molar-refractivity contribution is 5.76. The lowest BCUT2D eigenvalue weighted by Crippen LogP contribution is -2.48. The fourth-order valence-corrected chi connectivity index (χ4v) is 5.49. The predicted molar refractivity (Wildman–Crippen MR) is 121 cm³/mol. The number of carbonyl (C=O) groups excluding carboxylic acids is 1. The SMILES string of the molecule is COc1cc2c(cc1OC)C1(CCN(C(=O)CCCN3CCCCCC3)CC1)OCC2. The molecule has 6 heteroatoms. The number of methoxy groups -OCH3 is 2. The number of piperidine rings is 1. The summed E-state index contributed by atoms with van der Waals surface area (Å²) in [7, 11) is 3.35. The van der Waals surface area contributed by atoms with Crippen molar-refractivity contribution in [3.05, 3.63) is 23.3 Å². The molecule has 0 aromatic heterocycles. The first-order valence-electron chi connectivity index (χ1n) is 12.0. The topological polar surface area (TPSA) is 51.2 Å². The minimum Gasteiger partial charge on any atom is -0.493 e. The maximum atomic E-state index is 12.8. The van der Waals surface area contributed by atoms with Crippen LogP contribution in [-0.2, 0) is 21.6 Å². The maximum Gasteiger partial charge on any atom is 0.222 e. The summed E-state index contributed by atoms with van der Waals surface area (Å²) < 4.78 is 17.4. The van der Waals surface area contributed by atoms with Gasteiger partial charge in [0.2, 0.25) is 5.91 Å². The number of amides is 1. The zero-order valence-electron chi connectivity index (χ0n) is 19.3. The first kappa shape index (κ1) is 22.4. The fraction of sp³-hybridized carbons (Fsp3) is 0.720. The summed E-state index contributed by atoms with van der Waals surface area (Å²) in [6.07, 6.45) is 9.52. The molecule has 3 aliphatic heterocycles. The molecule has 3 aliphatic rings. The van der Waals surface area contributed by atoms with Gasteiger partial charge in [-0.3, -0.25) is 4.79 Å². The monoisotopic (exact) mass is 430 g/mol. The Labute approximate surface area is 186 Å². The van der Waals surface area contributed by atoms with Crippen molar-refractivity contribution in [3.8, 4) is 11.5 Å². The highest BCUT2D eigenvalue weighted by Gasteiger charge is 2.42. The fourth-order valence-electron chi connectivity index (χ4n) is 5.49. The van der Waals surface area contributed by atoms with Crippen LogP contribution in [0.5, 0.6) is 11.5 Å². The van der Waals surface area contributed by atoms with E-state index in [-0.39, 0.29) is 5.60 Å². The molecule has 0 unspecified atom stereocenters. The highest BCUT2D eigenvalue weighted by Crippen LogP contribution is 2.45. The van der Waals surface area contributed by atoms with Crippen molar-refractivity contribution in [2.45, 2.75) is 63.4 Å². The average Bonchev–Trinajstić information content (AvgIpc) is 3.08. The van der Waals surface area contributed by atoms with Crippen LogP contribution in [0.1, 0.15) is 62.5 Å². The van der Waals surface area contributed by atoms with E-state index in [0.717, 1.165) is 56.8 Å². The maximum absolute atomic E-state index is 12.8. The third kappa shape index (κ3) is 5.01. The summed E-state index contributed by atoms with van der Waals surface area (Å²) >= 11 is 0. The van der Waals surface area contributed by atoms with Gasteiger partial charge in [-0.1, -0.05) is 12.8 Å². The quantitative estimate of drug-likeness (QED) is 0.688. The third-order valence-corrected chi connectivity index (χ3v) is 7.34. The molecule has 1 amide bonds. The Balaban J connectivity index is 1.33. The van der Waals surface area contributed by atoms with Gasteiger partial charge in [0.1, 0.15) is 0 Å². The van der Waals surface area contributed by atoms with Gasteiger partial charge in [-0.15, -0.1) is 0 Å². The van der Waals surface area contributed by atoms with Crippen molar-refractivity contribution >= 4 is 5.91 Å². The van der Waals surface area contributed by atoms with Crippen LogP contribution in [0.3, 0.4) is 0 Å². The Morgan fingerprint density at radius 1 is 1.00 bits per heavy atom. The lowest BCUT2D eigenvalue weighted by Gasteiger charge is -2.45. The van der Waals surface area contributed by atoms with Crippen LogP contribution in [0, 0.1) is 0 Å². The number of rotatable bonds is 6. The number of benzene rings is 1. The summed E-state index contributed by atoms with van der Waals surface area (Å²) in [4.78, 5) is 17.4. The van der Waals surface area contributed by atoms with Crippen molar-refractivity contribution in [1.29, 1.82) is 0 Å². The molecule has 1 aromatic carbocycles. The van der Waals surface area contributed by atoms with Gasteiger partial charge < -0.3 is 24.0 Å². The molecule has 172 valence electrons. The first-order valence-corrected chi connectivity index (χ1v) is 12.0. The molecule has 0 saturated carbocycles. The van der Waals surface area contributed by atoms with E-state index in [0.29, 0.717) is 18.9 Å². The largest absolute Gasteiger partial charge is 0.493 e. The molecule has 1 aromatic rings. The van der Waals surface area contributed by atoms with Gasteiger partial charge in [-0.2, -0.15) is 0 Å². The van der Waals surface area contributed by atoms with E-state index in [1.807, 2.05) is 4.90 Å². The van der Waals surface area contributed by atoms with E-state index >= 15 is 0 Å². The van der Waals surface area contributed by atoms with E-state index in [1.165, 1.54) is 49.9 Å². The summed E-state index contributed by atoms with van der Waals surface area (Å²) in [5.74, 6) is 1.82. The van der Waals surface area contributed by atoms with E-state index in [2.05, 4.69) is 17.0 Å². The van der Waals surface area contributed by atoms with Gasteiger partial charge in [0.15, 0.2) is 11.5 Å². The second-order valence-corrected chi connectivity index (χ2v) is 9.20. The predicted octanol–water partition coefficient (Wildman–Crippen LogP) is 3.75. The molecule has 2 saturated heterocycles. The van der Waals surface area contributed by atoms with Gasteiger partial charge >= 0.3 is 0 Å². The van der Waals surface area contributed by atoms with E-state index in [1.54, 1.807) is 14.2 Å². The minimum absolute atomic E-state index is 0.299. The first-order chi connectivity index (χ1) is 15.1. The molecule has 6 nitrogen and oxygen atoms in total. The number of fused-ring (bicyclic) bond motifs is 2. The zero-order chi connectivity index (χ0) is 21.7. The van der Waals surface area contributed by atoms with Crippen LogP contribution in [0.15, 0.2) is 12.1 Å². The van der Waals surface area contributed by atoms with Crippen molar-refractivity contribution in [1.82, 2.24) is 9.80 Å². The van der Waals surface area contributed by atoms with Crippen molar-refractivity contribution in [2.24, 2.45) is 0 Å². The number of nitrogens with zero attached hydrogens (tertiary/aromatic N) is 2. The van der Waals surface area contributed by atoms with Gasteiger partial charge in [0.05, 0.1) is 26.4 Å². The Morgan fingerprint density at radius 2 is 1.68 bits per heavy atom. The number of ether oxygens (including phenoxy) is 3. The van der Waals surface area contributed by atoms with Gasteiger partial charge in [0.25, 0.3) is 0 Å². The van der Waals surface area contributed by atoms with Gasteiger partial charge in [-0.05, 0) is 81.4 Å². The van der Waals surface area contributed by atoms with Crippen LogP contribution < -0.4 is 9.47 Å². The minimum atomic E-state index is -0.310. The van der Waals surface area contributed by atoms with Crippen LogP contribution in [-0.4, -0.2) is 69.3 Å². The lowest BCUT2D eigenvalue weighted by molar-refractivity contribution is -0.140. The molecule has 31 heavy (non-hydrogen) atoms. The Kier molecular flexibility index (Phi) is 7.39. The molecule has 3 heterocycles. The molecule has 0 atom stereocenters. The van der Waals surface area contributed by atoms with Crippen molar-refractivity contribution in [3.63, 3.8) is 0 Å². The summed E-state index contributed by atoms with van der Waals surface area (Å²) in [5, 5.41) is 0. The third-order valence-electron chi connectivity index (χ3n) is 7.34. The Hall–Kier alpha value is -1.79. The smallest absolute Gasteiger partial charge is 0.222 e. The molecular formula is C25H38N2O4. The molecule has 0 aliphatic carbocycles. The summed E-state index contributed by atoms with van der Waals surface area (Å²) in [5.41, 5.74) is 2.18. The van der Waals surface area contributed by atoms with Crippen molar-refractivity contribution < 1.29 is 19.0 Å². The van der Waals surface area contributed by atoms with Gasteiger partial charge in [0, 0.05) is 19.5 Å². The Bertz CT molecular complexity index is 750. The highest BCUT2D eigenvalue weighted by atomic mass is 16.5. The molecule has 4 rings (SSSR count). The number of hydrogen-bond acceptors (Lipinski definition) is 5. The Morgan fingerprint density at radius 3 is 2.35 bits per heavy atom. The van der Waals surface area contributed by atoms with E-state index < -0.39 is 0 Å². The molecule has 0 N–H and O–H groups in total. The van der Waals surface area contributed by atoms with E-state index in [4.69, 9.17) is 14.2 Å². The number of carbonyl (C=O) groups is 1. The second kappa shape index (κ2) is 10.2. The standard InChI is InChI=1S/C25H38N2O4/c1-29-22-18-20-9-17-31-25(21(20)19-23(22)30-2)10-15-27(16-11-25)24(28)8-7-14-26-12-5-3-4-6-13-26/h18-19H,3-17H2,1-2H3.